The predicted molar refractivity (Wildman–Crippen MR) is 111 cm³/mol. The van der Waals surface area contributed by atoms with Gasteiger partial charge >= 0.3 is 0 Å². The van der Waals surface area contributed by atoms with E-state index in [9.17, 15) is 4.79 Å². The van der Waals surface area contributed by atoms with Crippen molar-refractivity contribution in [3.63, 3.8) is 0 Å². The highest BCUT2D eigenvalue weighted by Gasteiger charge is 2.22. The van der Waals surface area contributed by atoms with Gasteiger partial charge in [0.25, 0.3) is 5.91 Å². The van der Waals surface area contributed by atoms with Crippen LogP contribution in [-0.2, 0) is 17.6 Å². The second-order valence-corrected chi connectivity index (χ2v) is 8.80. The van der Waals surface area contributed by atoms with Crippen LogP contribution in [0.15, 0.2) is 30.3 Å². The maximum absolute atomic E-state index is 12.6. The van der Waals surface area contributed by atoms with Crippen molar-refractivity contribution in [1.29, 1.82) is 0 Å². The van der Waals surface area contributed by atoms with Gasteiger partial charge in [-0.05, 0) is 55.9 Å². The number of benzene rings is 1. The first-order valence-corrected chi connectivity index (χ1v) is 10.8. The van der Waals surface area contributed by atoms with Crippen LogP contribution in [0.1, 0.15) is 41.1 Å². The van der Waals surface area contributed by atoms with Crippen molar-refractivity contribution in [3.05, 3.63) is 46.3 Å². The Balaban J connectivity index is 1.31. The zero-order valence-corrected chi connectivity index (χ0v) is 17.0. The minimum absolute atomic E-state index is 0.0654. The molecule has 2 heterocycles. The number of rotatable bonds is 5. The quantitative estimate of drug-likeness (QED) is 0.799. The van der Waals surface area contributed by atoms with Crippen LogP contribution in [0.2, 0.25) is 0 Å². The van der Waals surface area contributed by atoms with Crippen molar-refractivity contribution < 1.29 is 9.53 Å². The number of carbonyl (C=O) groups is 1. The Hall–Kier alpha value is -1.69. The molecule has 4 nitrogen and oxygen atoms in total. The molecule has 4 rings (SSSR count). The Morgan fingerprint density at radius 3 is 2.74 bits per heavy atom. The zero-order chi connectivity index (χ0) is 18.8. The molecular weight excluding hydrogens is 356 g/mol. The molecule has 0 spiro atoms. The fourth-order valence-electron chi connectivity index (χ4n) is 4.24. The second-order valence-electron chi connectivity index (χ2n) is 7.75. The van der Waals surface area contributed by atoms with Gasteiger partial charge in [0.2, 0.25) is 0 Å². The van der Waals surface area contributed by atoms with Crippen molar-refractivity contribution in [2.45, 2.75) is 45.3 Å². The molecule has 1 fully saturated rings. The first kappa shape index (κ1) is 18.7. The number of hydrogen-bond donors (Lipinski definition) is 1. The molecule has 0 saturated carbocycles. The molecule has 1 aromatic carbocycles. The second kappa shape index (κ2) is 8.13. The third-order valence-corrected chi connectivity index (χ3v) is 6.60. The summed E-state index contributed by atoms with van der Waals surface area (Å²) in [7, 11) is 0. The smallest absolute Gasteiger partial charge is 0.261 e. The highest BCUT2D eigenvalue weighted by Crippen LogP contribution is 2.39. The van der Waals surface area contributed by atoms with Crippen LogP contribution in [0.3, 0.4) is 0 Å². The Labute approximate surface area is 165 Å². The lowest BCUT2D eigenvalue weighted by Gasteiger charge is -2.35. The number of hydrogen-bond acceptors (Lipinski definition) is 4. The summed E-state index contributed by atoms with van der Waals surface area (Å²) in [6.45, 7) is 7.94. The number of nitrogens with zero attached hydrogens (tertiary/aromatic N) is 1. The standard InChI is InChI=1S/C22H28N2O2S/c1-15-13-24(14-16(2)26-15)11-5-10-23-22(25)20-12-18-9-8-17-6-3-4-7-19(17)21(18)27-20/h3-4,6-7,12,15-16H,5,8-11,13-14H2,1-2H3,(H,23,25)/t15-,16+. The summed E-state index contributed by atoms with van der Waals surface area (Å²) in [5.41, 5.74) is 4.02. The summed E-state index contributed by atoms with van der Waals surface area (Å²) in [6.07, 6.45) is 3.66. The molecule has 1 amide bonds. The highest BCUT2D eigenvalue weighted by atomic mass is 32.1. The van der Waals surface area contributed by atoms with Crippen molar-refractivity contribution in [2.24, 2.45) is 0 Å². The van der Waals surface area contributed by atoms with Gasteiger partial charge < -0.3 is 10.1 Å². The molecule has 1 aromatic heterocycles. The predicted octanol–water partition coefficient (Wildman–Crippen LogP) is 3.74. The van der Waals surface area contributed by atoms with Gasteiger partial charge in [0.05, 0.1) is 17.1 Å². The van der Waals surface area contributed by atoms with E-state index in [0.29, 0.717) is 12.2 Å². The highest BCUT2D eigenvalue weighted by molar-refractivity contribution is 7.17. The monoisotopic (exact) mass is 384 g/mol. The topological polar surface area (TPSA) is 41.6 Å². The van der Waals surface area contributed by atoms with Gasteiger partial charge in [-0.2, -0.15) is 0 Å². The number of ether oxygens (including phenoxy) is 1. The summed E-state index contributed by atoms with van der Waals surface area (Å²) in [4.78, 5) is 17.1. The van der Waals surface area contributed by atoms with Crippen LogP contribution in [0.5, 0.6) is 0 Å². The first-order chi connectivity index (χ1) is 13.1. The summed E-state index contributed by atoms with van der Waals surface area (Å²) >= 11 is 1.63. The number of fused-ring (bicyclic) bond motifs is 3. The molecular formula is C22H28N2O2S. The molecule has 0 radical (unpaired) electrons. The van der Waals surface area contributed by atoms with Gasteiger partial charge in [-0.25, -0.2) is 0 Å². The lowest BCUT2D eigenvalue weighted by Crippen LogP contribution is -2.46. The molecule has 1 saturated heterocycles. The maximum atomic E-state index is 12.6. The summed E-state index contributed by atoms with van der Waals surface area (Å²) in [5, 5.41) is 3.11. The normalized spacial score (nSPS) is 22.1. The van der Waals surface area contributed by atoms with Crippen LogP contribution >= 0.6 is 11.3 Å². The molecule has 0 bridgehead atoms. The van der Waals surface area contributed by atoms with E-state index in [-0.39, 0.29) is 5.91 Å². The van der Waals surface area contributed by atoms with Crippen molar-refractivity contribution >= 4 is 17.2 Å². The number of morpholine rings is 1. The van der Waals surface area contributed by atoms with Gasteiger partial charge in [0.1, 0.15) is 0 Å². The Morgan fingerprint density at radius 2 is 1.93 bits per heavy atom. The zero-order valence-electron chi connectivity index (χ0n) is 16.2. The number of nitrogens with one attached hydrogen (secondary N) is 1. The lowest BCUT2D eigenvalue weighted by atomic mass is 9.91. The maximum Gasteiger partial charge on any atom is 0.261 e. The van der Waals surface area contributed by atoms with Crippen LogP contribution in [0.25, 0.3) is 10.4 Å². The molecule has 5 heteroatoms. The largest absolute Gasteiger partial charge is 0.373 e. The number of thiophene rings is 1. The van der Waals surface area contributed by atoms with E-state index in [1.165, 1.54) is 21.6 Å². The fraction of sp³-hybridized carbons (Fsp3) is 0.500. The molecule has 144 valence electrons. The van der Waals surface area contributed by atoms with Crippen molar-refractivity contribution in [1.82, 2.24) is 10.2 Å². The SMILES string of the molecule is C[C@@H]1CN(CCCNC(=O)c2cc3c(s2)-c2ccccc2CC3)C[C@H](C)O1. The number of carbonyl (C=O) groups excluding carboxylic acids is 1. The average Bonchev–Trinajstić information content (AvgIpc) is 3.09. The van der Waals surface area contributed by atoms with Crippen LogP contribution < -0.4 is 5.32 Å². The third-order valence-electron chi connectivity index (χ3n) is 5.39. The summed E-state index contributed by atoms with van der Waals surface area (Å²) < 4.78 is 5.77. The summed E-state index contributed by atoms with van der Waals surface area (Å²) in [5.74, 6) is 0.0654. The molecule has 2 aromatic rings. The minimum atomic E-state index is 0.0654. The van der Waals surface area contributed by atoms with E-state index in [1.54, 1.807) is 11.3 Å². The molecule has 0 unspecified atom stereocenters. The number of aryl methyl sites for hydroxylation is 2. The summed E-state index contributed by atoms with van der Waals surface area (Å²) in [6, 6.07) is 10.7. The van der Waals surface area contributed by atoms with Crippen LogP contribution in [0, 0.1) is 0 Å². The third kappa shape index (κ3) is 4.26. The van der Waals surface area contributed by atoms with Crippen LogP contribution in [0.4, 0.5) is 0 Å². The molecule has 1 aliphatic heterocycles. The first-order valence-electron chi connectivity index (χ1n) is 9.97. The van der Waals surface area contributed by atoms with Gasteiger partial charge in [0.15, 0.2) is 0 Å². The fourth-order valence-corrected chi connectivity index (χ4v) is 5.43. The van der Waals surface area contributed by atoms with Gasteiger partial charge in [-0.1, -0.05) is 24.3 Å². The Bertz CT molecular complexity index is 806. The molecule has 1 aliphatic carbocycles. The Kier molecular flexibility index (Phi) is 5.62. The lowest BCUT2D eigenvalue weighted by molar-refractivity contribution is -0.0679. The average molecular weight is 385 g/mol. The van der Waals surface area contributed by atoms with E-state index < -0.39 is 0 Å². The van der Waals surface area contributed by atoms with E-state index in [1.807, 2.05) is 0 Å². The van der Waals surface area contributed by atoms with Crippen molar-refractivity contribution in [2.75, 3.05) is 26.2 Å². The van der Waals surface area contributed by atoms with E-state index in [2.05, 4.69) is 54.4 Å². The van der Waals surface area contributed by atoms with Crippen molar-refractivity contribution in [3.8, 4) is 10.4 Å². The van der Waals surface area contributed by atoms with E-state index in [4.69, 9.17) is 4.74 Å². The van der Waals surface area contributed by atoms with E-state index in [0.717, 1.165) is 50.3 Å². The van der Waals surface area contributed by atoms with Gasteiger partial charge in [0, 0.05) is 31.1 Å². The molecule has 27 heavy (non-hydrogen) atoms. The minimum Gasteiger partial charge on any atom is -0.373 e. The molecule has 2 aliphatic rings. The molecule has 1 N–H and O–H groups in total. The Morgan fingerprint density at radius 1 is 1.19 bits per heavy atom. The number of amides is 1. The molecule has 2 atom stereocenters. The van der Waals surface area contributed by atoms with E-state index >= 15 is 0 Å². The van der Waals surface area contributed by atoms with Crippen LogP contribution in [-0.4, -0.2) is 49.2 Å². The van der Waals surface area contributed by atoms with Gasteiger partial charge in [-0.3, -0.25) is 9.69 Å². The van der Waals surface area contributed by atoms with Gasteiger partial charge in [-0.15, -0.1) is 11.3 Å².